The number of likely N-dealkylation sites (tertiary alicyclic amines) is 1. The maximum absolute atomic E-state index is 10.7. The molecule has 1 saturated heterocycles. The second kappa shape index (κ2) is 8.15. The van der Waals surface area contributed by atoms with Crippen molar-refractivity contribution in [2.75, 3.05) is 19.7 Å². The molecule has 0 saturated carbocycles. The van der Waals surface area contributed by atoms with Crippen LogP contribution in [0.1, 0.15) is 31.7 Å². The third-order valence-corrected chi connectivity index (χ3v) is 4.31. The summed E-state index contributed by atoms with van der Waals surface area (Å²) in [5.74, 6) is 0.638. The van der Waals surface area contributed by atoms with E-state index in [0.29, 0.717) is 11.7 Å². The molecule has 1 fully saturated rings. The van der Waals surface area contributed by atoms with Gasteiger partial charge in [-0.05, 0) is 56.0 Å². The zero-order chi connectivity index (χ0) is 15.9. The molecule has 0 aromatic heterocycles. The lowest BCUT2D eigenvalue weighted by atomic mass is 9.90. The molecule has 1 aliphatic rings. The Morgan fingerprint density at radius 1 is 1.36 bits per heavy atom. The number of carbonyl (C=O) groups is 1. The van der Waals surface area contributed by atoms with Gasteiger partial charge in [0.15, 0.2) is 6.61 Å². The lowest BCUT2D eigenvalue weighted by Crippen LogP contribution is -2.37. The van der Waals surface area contributed by atoms with Gasteiger partial charge < -0.3 is 15.6 Å². The van der Waals surface area contributed by atoms with Gasteiger partial charge in [-0.1, -0.05) is 19.1 Å². The summed E-state index contributed by atoms with van der Waals surface area (Å²) in [6, 6.07) is 7.77. The topological polar surface area (TPSA) is 75.8 Å². The fraction of sp³-hybridized carbons (Fsp3) is 0.588. The molecule has 1 aliphatic heterocycles. The number of rotatable bonds is 7. The van der Waals surface area contributed by atoms with Crippen LogP contribution < -0.4 is 10.5 Å². The van der Waals surface area contributed by atoms with Gasteiger partial charge in [0.05, 0.1) is 6.10 Å². The molecule has 1 amide bonds. The first-order chi connectivity index (χ1) is 10.6. The lowest BCUT2D eigenvalue weighted by molar-refractivity contribution is -0.119. The summed E-state index contributed by atoms with van der Waals surface area (Å²) in [6.45, 7) is 4.92. The van der Waals surface area contributed by atoms with Gasteiger partial charge in [-0.3, -0.25) is 9.69 Å². The number of hydrogen-bond donors (Lipinski definition) is 2. The molecule has 1 unspecified atom stereocenters. The van der Waals surface area contributed by atoms with Crippen LogP contribution in [0.3, 0.4) is 0 Å². The fourth-order valence-corrected chi connectivity index (χ4v) is 2.93. The van der Waals surface area contributed by atoms with E-state index in [1.807, 2.05) is 31.2 Å². The summed E-state index contributed by atoms with van der Waals surface area (Å²) in [4.78, 5) is 13.1. The van der Waals surface area contributed by atoms with Crippen molar-refractivity contribution in [1.29, 1.82) is 0 Å². The Morgan fingerprint density at radius 2 is 2.00 bits per heavy atom. The molecule has 3 N–H and O–H groups in total. The molecule has 122 valence electrons. The Bertz CT molecular complexity index is 467. The number of aliphatic hydroxyl groups excluding tert-OH is 1. The van der Waals surface area contributed by atoms with Gasteiger partial charge in [-0.2, -0.15) is 0 Å². The molecule has 22 heavy (non-hydrogen) atoms. The highest BCUT2D eigenvalue weighted by molar-refractivity contribution is 5.75. The summed E-state index contributed by atoms with van der Waals surface area (Å²) >= 11 is 0. The largest absolute Gasteiger partial charge is 0.484 e. The number of aliphatic hydroxyl groups is 1. The van der Waals surface area contributed by atoms with Gasteiger partial charge in [-0.25, -0.2) is 0 Å². The Morgan fingerprint density at radius 3 is 2.55 bits per heavy atom. The predicted octanol–water partition coefficient (Wildman–Crippen LogP) is 1.53. The van der Waals surface area contributed by atoms with E-state index in [-0.39, 0.29) is 12.7 Å². The van der Waals surface area contributed by atoms with Gasteiger partial charge in [0.2, 0.25) is 0 Å². The smallest absolute Gasteiger partial charge is 0.255 e. The molecule has 5 heteroatoms. The average molecular weight is 306 g/mol. The Balaban J connectivity index is 1.78. The summed E-state index contributed by atoms with van der Waals surface area (Å²) in [5, 5.41) is 9.91. The Labute approximate surface area is 132 Å². The second-order valence-electron chi connectivity index (χ2n) is 5.99. The van der Waals surface area contributed by atoms with Crippen molar-refractivity contribution in [3.63, 3.8) is 0 Å². The van der Waals surface area contributed by atoms with Crippen molar-refractivity contribution in [1.82, 2.24) is 4.90 Å². The highest BCUT2D eigenvalue weighted by atomic mass is 16.5. The van der Waals surface area contributed by atoms with Crippen LogP contribution in [-0.2, 0) is 11.3 Å². The van der Waals surface area contributed by atoms with Crippen molar-refractivity contribution in [2.45, 2.75) is 38.8 Å². The van der Waals surface area contributed by atoms with Gasteiger partial charge in [0.25, 0.3) is 5.91 Å². The van der Waals surface area contributed by atoms with Crippen LogP contribution in [0, 0.1) is 5.92 Å². The van der Waals surface area contributed by atoms with Crippen LogP contribution in [0.2, 0.25) is 0 Å². The van der Waals surface area contributed by atoms with Crippen molar-refractivity contribution in [3.05, 3.63) is 29.8 Å². The van der Waals surface area contributed by atoms with Crippen LogP contribution in [0.15, 0.2) is 24.3 Å². The fourth-order valence-electron chi connectivity index (χ4n) is 2.93. The van der Waals surface area contributed by atoms with Crippen molar-refractivity contribution in [3.8, 4) is 5.75 Å². The highest BCUT2D eigenvalue weighted by Crippen LogP contribution is 2.23. The van der Waals surface area contributed by atoms with Gasteiger partial charge >= 0.3 is 0 Å². The number of ether oxygens (including phenoxy) is 1. The van der Waals surface area contributed by atoms with E-state index in [9.17, 15) is 9.90 Å². The van der Waals surface area contributed by atoms with Gasteiger partial charge in [0, 0.05) is 6.54 Å². The first-order valence-electron chi connectivity index (χ1n) is 7.99. The van der Waals surface area contributed by atoms with Crippen LogP contribution >= 0.6 is 0 Å². The maximum Gasteiger partial charge on any atom is 0.255 e. The number of hydrogen-bond acceptors (Lipinski definition) is 4. The molecule has 1 aromatic rings. The quantitative estimate of drug-likeness (QED) is 0.801. The number of amides is 1. The monoisotopic (exact) mass is 306 g/mol. The summed E-state index contributed by atoms with van der Waals surface area (Å²) in [5.41, 5.74) is 6.27. The summed E-state index contributed by atoms with van der Waals surface area (Å²) < 4.78 is 5.25. The van der Waals surface area contributed by atoms with E-state index in [4.69, 9.17) is 10.5 Å². The van der Waals surface area contributed by atoms with E-state index in [1.165, 1.54) is 5.56 Å². The number of piperidine rings is 1. The number of benzene rings is 1. The van der Waals surface area contributed by atoms with Crippen LogP contribution in [0.5, 0.6) is 5.75 Å². The molecular formula is C17H26N2O3. The van der Waals surface area contributed by atoms with E-state index in [1.54, 1.807) is 0 Å². The predicted molar refractivity (Wildman–Crippen MR) is 85.4 cm³/mol. The molecule has 2 rings (SSSR count). The molecule has 1 atom stereocenters. The number of primary amides is 1. The SMILES string of the molecule is CCC(O)C1CCN(Cc2ccc(OCC(N)=O)cc2)CC1. The molecule has 0 bridgehead atoms. The Hall–Kier alpha value is -1.59. The third-order valence-electron chi connectivity index (χ3n) is 4.31. The number of nitrogens with zero attached hydrogens (tertiary/aromatic N) is 1. The molecule has 0 spiro atoms. The first-order valence-corrected chi connectivity index (χ1v) is 7.99. The lowest BCUT2D eigenvalue weighted by Gasteiger charge is -2.34. The van der Waals surface area contributed by atoms with E-state index >= 15 is 0 Å². The normalized spacial score (nSPS) is 18.1. The van der Waals surface area contributed by atoms with Crippen LogP contribution in [-0.4, -0.2) is 41.7 Å². The van der Waals surface area contributed by atoms with Gasteiger partial charge in [-0.15, -0.1) is 0 Å². The summed E-state index contributed by atoms with van der Waals surface area (Å²) in [7, 11) is 0. The second-order valence-corrected chi connectivity index (χ2v) is 5.99. The van der Waals surface area contributed by atoms with E-state index < -0.39 is 5.91 Å². The van der Waals surface area contributed by atoms with Crippen LogP contribution in [0.4, 0.5) is 0 Å². The zero-order valence-corrected chi connectivity index (χ0v) is 13.2. The molecule has 0 aliphatic carbocycles. The first kappa shape index (κ1) is 16.8. The average Bonchev–Trinajstić information content (AvgIpc) is 2.54. The zero-order valence-electron chi connectivity index (χ0n) is 13.2. The van der Waals surface area contributed by atoms with Crippen LogP contribution in [0.25, 0.3) is 0 Å². The standard InChI is InChI=1S/C17H26N2O3/c1-2-16(20)14-7-9-19(10-8-14)11-13-3-5-15(6-4-13)22-12-17(18)21/h3-6,14,16,20H,2,7-12H2,1H3,(H2,18,21). The maximum atomic E-state index is 10.7. The minimum atomic E-state index is -0.471. The van der Waals surface area contributed by atoms with Crippen molar-refractivity contribution in [2.24, 2.45) is 11.7 Å². The van der Waals surface area contributed by atoms with Gasteiger partial charge in [0.1, 0.15) is 5.75 Å². The highest BCUT2D eigenvalue weighted by Gasteiger charge is 2.23. The molecule has 0 radical (unpaired) electrons. The summed E-state index contributed by atoms with van der Waals surface area (Å²) in [6.07, 6.45) is 2.82. The van der Waals surface area contributed by atoms with Crippen molar-refractivity contribution < 1.29 is 14.6 Å². The third kappa shape index (κ3) is 5.00. The minimum absolute atomic E-state index is 0.0907. The van der Waals surface area contributed by atoms with E-state index in [2.05, 4.69) is 4.90 Å². The van der Waals surface area contributed by atoms with E-state index in [0.717, 1.165) is 38.9 Å². The minimum Gasteiger partial charge on any atom is -0.484 e. The van der Waals surface area contributed by atoms with Crippen molar-refractivity contribution >= 4 is 5.91 Å². The number of nitrogens with two attached hydrogens (primary N) is 1. The molecular weight excluding hydrogens is 280 g/mol. The molecule has 5 nitrogen and oxygen atoms in total. The number of carbonyl (C=O) groups excluding carboxylic acids is 1. The molecule has 1 aromatic carbocycles. The Kier molecular flexibility index (Phi) is 6.21. The molecule has 1 heterocycles.